The van der Waals surface area contributed by atoms with Crippen molar-refractivity contribution in [1.82, 2.24) is 25.5 Å². The lowest BCUT2D eigenvalue weighted by molar-refractivity contribution is 0.426. The van der Waals surface area contributed by atoms with Crippen molar-refractivity contribution in [3.05, 3.63) is 66.4 Å². The molecule has 34 heavy (non-hydrogen) atoms. The summed E-state index contributed by atoms with van der Waals surface area (Å²) in [5.74, 6) is 1.56. The third kappa shape index (κ3) is 10.3. The topological polar surface area (TPSA) is 69.2 Å². The molecule has 7 heteroatoms. The number of piperazine rings is 1. The first-order valence-corrected chi connectivity index (χ1v) is 12.4. The average molecular weight is 466 g/mol. The summed E-state index contributed by atoms with van der Waals surface area (Å²) in [4.78, 5) is 6.90. The standard InChI is InChI=1S/C16H23N7.C7H8.2C2H6/c1-3-22(2)21-14-6-4-13(5-7-14)16-19-15(12-18-20-16)23-10-8-17-9-11-23;1-7-5-3-2-4-6-7;2*1-2/h4-7,12,17,21H,3,8-11H2,1-2H3;2-6H,1H3;2*1-2H3. The molecule has 2 heterocycles. The minimum atomic E-state index is 0.663. The van der Waals surface area contributed by atoms with Crippen molar-refractivity contribution in [1.29, 1.82) is 0 Å². The fourth-order valence-electron chi connectivity index (χ4n) is 2.99. The van der Waals surface area contributed by atoms with Crippen molar-refractivity contribution in [2.24, 2.45) is 0 Å². The molecule has 2 aromatic carbocycles. The Kier molecular flexibility index (Phi) is 14.9. The molecule has 1 saturated heterocycles. The number of nitrogens with one attached hydrogen (secondary N) is 2. The molecule has 0 spiro atoms. The second-order valence-electron chi connectivity index (χ2n) is 7.23. The highest BCUT2D eigenvalue weighted by Crippen LogP contribution is 2.20. The van der Waals surface area contributed by atoms with Crippen LogP contribution in [0.3, 0.4) is 0 Å². The Bertz CT molecular complexity index is 879. The monoisotopic (exact) mass is 465 g/mol. The van der Waals surface area contributed by atoms with Crippen LogP contribution in [0, 0.1) is 6.92 Å². The van der Waals surface area contributed by atoms with E-state index in [0.29, 0.717) is 5.82 Å². The average Bonchev–Trinajstić information content (AvgIpc) is 2.93. The van der Waals surface area contributed by atoms with E-state index in [1.54, 1.807) is 6.20 Å². The highest BCUT2D eigenvalue weighted by Gasteiger charge is 2.13. The Morgan fingerprint density at radius 3 is 2.09 bits per heavy atom. The van der Waals surface area contributed by atoms with Crippen molar-refractivity contribution in [2.75, 3.05) is 50.1 Å². The Balaban J connectivity index is 0.000000441. The predicted molar refractivity (Wildman–Crippen MR) is 146 cm³/mol. The quantitative estimate of drug-likeness (QED) is 0.497. The second-order valence-corrected chi connectivity index (χ2v) is 7.23. The summed E-state index contributed by atoms with van der Waals surface area (Å²) in [5.41, 5.74) is 6.63. The van der Waals surface area contributed by atoms with Gasteiger partial charge in [-0.05, 0) is 31.2 Å². The molecule has 0 unspecified atom stereocenters. The molecule has 7 nitrogen and oxygen atoms in total. The van der Waals surface area contributed by atoms with Gasteiger partial charge in [0, 0.05) is 51.0 Å². The zero-order valence-electron chi connectivity index (χ0n) is 22.0. The van der Waals surface area contributed by atoms with Gasteiger partial charge in [0.2, 0.25) is 0 Å². The van der Waals surface area contributed by atoms with Crippen LogP contribution in [0.15, 0.2) is 60.8 Å². The van der Waals surface area contributed by atoms with E-state index >= 15 is 0 Å². The molecular formula is C27H43N7. The number of nitrogens with zero attached hydrogens (tertiary/aromatic N) is 5. The highest BCUT2D eigenvalue weighted by molar-refractivity contribution is 5.60. The van der Waals surface area contributed by atoms with Gasteiger partial charge in [-0.3, -0.25) is 0 Å². The first-order valence-electron chi connectivity index (χ1n) is 12.4. The van der Waals surface area contributed by atoms with E-state index in [9.17, 15) is 0 Å². The second kappa shape index (κ2) is 17.4. The van der Waals surface area contributed by atoms with Gasteiger partial charge in [0.1, 0.15) is 0 Å². The summed E-state index contributed by atoms with van der Waals surface area (Å²) in [5, 5.41) is 13.7. The first-order chi connectivity index (χ1) is 16.7. The molecule has 186 valence electrons. The van der Waals surface area contributed by atoms with Crippen LogP contribution in [-0.2, 0) is 0 Å². The van der Waals surface area contributed by atoms with Crippen molar-refractivity contribution in [2.45, 2.75) is 41.5 Å². The van der Waals surface area contributed by atoms with Gasteiger partial charge in [-0.1, -0.05) is 70.5 Å². The predicted octanol–water partition coefficient (Wildman–Crippen LogP) is 5.27. The van der Waals surface area contributed by atoms with Gasteiger partial charge in [0.15, 0.2) is 11.6 Å². The molecule has 2 N–H and O–H groups in total. The summed E-state index contributed by atoms with van der Waals surface area (Å²) in [6, 6.07) is 18.4. The molecule has 1 aliphatic heterocycles. The van der Waals surface area contributed by atoms with Gasteiger partial charge in [-0.25, -0.2) is 9.99 Å². The van der Waals surface area contributed by atoms with Crippen LogP contribution in [0.5, 0.6) is 0 Å². The third-order valence-corrected chi connectivity index (χ3v) is 4.86. The van der Waals surface area contributed by atoms with Crippen molar-refractivity contribution >= 4 is 11.5 Å². The Hall–Kier alpha value is -3.03. The Labute approximate surface area is 206 Å². The van der Waals surface area contributed by atoms with Gasteiger partial charge in [-0.2, -0.15) is 5.10 Å². The zero-order valence-corrected chi connectivity index (χ0v) is 22.0. The molecule has 3 aromatic rings. The lowest BCUT2D eigenvalue weighted by Crippen LogP contribution is -2.44. The minimum absolute atomic E-state index is 0.663. The van der Waals surface area contributed by atoms with Crippen molar-refractivity contribution in [3.8, 4) is 11.4 Å². The summed E-state index contributed by atoms with van der Waals surface area (Å²) in [7, 11) is 2.01. The van der Waals surface area contributed by atoms with Gasteiger partial charge >= 0.3 is 0 Å². The van der Waals surface area contributed by atoms with Crippen molar-refractivity contribution < 1.29 is 0 Å². The normalized spacial score (nSPS) is 12.3. The van der Waals surface area contributed by atoms with Gasteiger partial charge < -0.3 is 15.6 Å². The van der Waals surface area contributed by atoms with Crippen LogP contribution in [0.4, 0.5) is 11.5 Å². The number of hydrogen-bond acceptors (Lipinski definition) is 7. The van der Waals surface area contributed by atoms with Gasteiger partial charge in [-0.15, -0.1) is 5.10 Å². The summed E-state index contributed by atoms with van der Waals surface area (Å²) < 4.78 is 0. The SMILES string of the molecule is CC.CC.CCN(C)Nc1ccc(-c2nncc(N3CCNCC3)n2)cc1.Cc1ccccc1. The number of aryl methyl sites for hydroxylation is 1. The number of hydrazine groups is 1. The van der Waals surface area contributed by atoms with E-state index in [-0.39, 0.29) is 0 Å². The van der Waals surface area contributed by atoms with Crippen LogP contribution >= 0.6 is 0 Å². The number of benzene rings is 2. The first kappa shape index (κ1) is 29.0. The maximum Gasteiger partial charge on any atom is 0.183 e. The maximum atomic E-state index is 4.67. The Morgan fingerprint density at radius 1 is 0.941 bits per heavy atom. The smallest absolute Gasteiger partial charge is 0.183 e. The molecule has 1 aliphatic rings. The van der Waals surface area contributed by atoms with Crippen molar-refractivity contribution in [3.63, 3.8) is 0 Å². The minimum Gasteiger partial charge on any atom is -0.353 e. The zero-order chi connectivity index (χ0) is 25.2. The van der Waals surface area contributed by atoms with E-state index in [1.807, 2.05) is 82.2 Å². The van der Waals surface area contributed by atoms with E-state index in [1.165, 1.54) is 5.56 Å². The Morgan fingerprint density at radius 2 is 1.56 bits per heavy atom. The summed E-state index contributed by atoms with van der Waals surface area (Å²) in [6.45, 7) is 17.0. The van der Waals surface area contributed by atoms with E-state index in [4.69, 9.17) is 0 Å². The molecule has 0 bridgehead atoms. The van der Waals surface area contributed by atoms with E-state index in [2.05, 4.69) is 56.8 Å². The van der Waals surface area contributed by atoms with E-state index in [0.717, 1.165) is 49.8 Å². The largest absolute Gasteiger partial charge is 0.353 e. The fraction of sp³-hybridized carbons (Fsp3) is 0.444. The lowest BCUT2D eigenvalue weighted by atomic mass is 10.2. The van der Waals surface area contributed by atoms with Gasteiger partial charge in [0.25, 0.3) is 0 Å². The van der Waals surface area contributed by atoms with Gasteiger partial charge in [0.05, 0.1) is 6.20 Å². The molecule has 0 amide bonds. The molecule has 0 saturated carbocycles. The van der Waals surface area contributed by atoms with E-state index < -0.39 is 0 Å². The molecular weight excluding hydrogens is 422 g/mol. The van der Waals surface area contributed by atoms with Crippen LogP contribution in [-0.4, -0.2) is 60.0 Å². The van der Waals surface area contributed by atoms with Crippen LogP contribution in [0.2, 0.25) is 0 Å². The highest BCUT2D eigenvalue weighted by atomic mass is 15.5. The van der Waals surface area contributed by atoms with Crippen LogP contribution < -0.4 is 15.6 Å². The maximum absolute atomic E-state index is 4.67. The number of anilines is 2. The molecule has 0 radical (unpaired) electrons. The molecule has 1 fully saturated rings. The molecule has 4 rings (SSSR count). The molecule has 1 aromatic heterocycles. The third-order valence-electron chi connectivity index (χ3n) is 4.86. The molecule has 0 atom stereocenters. The number of aromatic nitrogens is 3. The summed E-state index contributed by atoms with van der Waals surface area (Å²) in [6.07, 6.45) is 1.74. The number of rotatable bonds is 5. The fourth-order valence-corrected chi connectivity index (χ4v) is 2.99. The lowest BCUT2D eigenvalue weighted by Gasteiger charge is -2.28. The van der Waals surface area contributed by atoms with Crippen LogP contribution in [0.1, 0.15) is 40.2 Å². The summed E-state index contributed by atoms with van der Waals surface area (Å²) >= 11 is 0. The number of hydrogen-bond donors (Lipinski definition) is 2. The molecule has 0 aliphatic carbocycles. The van der Waals surface area contributed by atoms with Crippen LogP contribution in [0.25, 0.3) is 11.4 Å².